The summed E-state index contributed by atoms with van der Waals surface area (Å²) < 4.78 is 40.7. The number of nitrogens with two attached hydrogens (primary N) is 2. The number of nitrogens with zero attached hydrogens (tertiary/aromatic N) is 2. The van der Waals surface area contributed by atoms with E-state index >= 15 is 0 Å². The first kappa shape index (κ1) is 26.2. The van der Waals surface area contributed by atoms with E-state index in [-0.39, 0.29) is 30.2 Å². The Labute approximate surface area is 211 Å². The smallest absolute Gasteiger partial charge is 0.384 e. The number of alkyl halides is 3. The molecule has 0 unspecified atom stereocenters. The minimum Gasteiger partial charge on any atom is -0.384 e. The van der Waals surface area contributed by atoms with Crippen LogP contribution in [0.2, 0.25) is 0 Å². The fraction of sp³-hybridized carbons (Fsp3) is 0.346. The van der Waals surface area contributed by atoms with Crippen molar-refractivity contribution in [2.75, 3.05) is 19.6 Å². The molecule has 0 aliphatic carbocycles. The highest BCUT2D eigenvalue weighted by molar-refractivity contribution is 6.02. The first-order valence-electron chi connectivity index (χ1n) is 12.0. The largest absolute Gasteiger partial charge is 0.416 e. The van der Waals surface area contributed by atoms with E-state index in [1.165, 1.54) is 12.1 Å². The van der Waals surface area contributed by atoms with Crippen LogP contribution in [0.5, 0.6) is 0 Å². The number of nitrogens with one attached hydrogen (secondary N) is 2. The third kappa shape index (κ3) is 5.93. The molecule has 2 heterocycles. The molecule has 11 heteroatoms. The molecular weight excluding hydrogens is 485 g/mol. The number of nitrogen functional groups attached to an aromatic ring is 1. The highest BCUT2D eigenvalue weighted by Gasteiger charge is 2.30. The Morgan fingerprint density at radius 3 is 2.32 bits per heavy atom. The summed E-state index contributed by atoms with van der Waals surface area (Å²) in [5.41, 5.74) is 12.4. The average molecular weight is 515 g/mol. The number of aromatic nitrogens is 1. The first-order valence-corrected chi connectivity index (χ1v) is 12.0. The number of piperidine rings is 1. The number of hydrogen-bond donors (Lipinski definition) is 4. The van der Waals surface area contributed by atoms with Gasteiger partial charge in [-0.1, -0.05) is 24.3 Å². The predicted molar refractivity (Wildman–Crippen MR) is 134 cm³/mol. The number of carbonyl (C=O) groups is 2. The molecule has 0 spiro atoms. The fourth-order valence-electron chi connectivity index (χ4n) is 4.58. The van der Waals surface area contributed by atoms with Crippen LogP contribution in [0.15, 0.2) is 48.5 Å². The van der Waals surface area contributed by atoms with Crippen molar-refractivity contribution in [2.45, 2.75) is 38.0 Å². The van der Waals surface area contributed by atoms with Gasteiger partial charge in [-0.3, -0.25) is 15.0 Å². The van der Waals surface area contributed by atoms with Crippen LogP contribution >= 0.6 is 0 Å². The molecule has 1 fully saturated rings. The van der Waals surface area contributed by atoms with E-state index in [1.54, 1.807) is 33.7 Å². The Morgan fingerprint density at radius 1 is 1.05 bits per heavy atom. The molecule has 37 heavy (non-hydrogen) atoms. The summed E-state index contributed by atoms with van der Waals surface area (Å²) in [6.07, 6.45) is -2.93. The number of halogens is 3. The summed E-state index contributed by atoms with van der Waals surface area (Å²) in [7, 11) is 0. The minimum atomic E-state index is -4.44. The summed E-state index contributed by atoms with van der Waals surface area (Å²) in [6, 6.07) is 11.5. The summed E-state index contributed by atoms with van der Waals surface area (Å²) in [5, 5.41) is 11.5. The lowest BCUT2D eigenvalue weighted by Gasteiger charge is -2.32. The fourth-order valence-corrected chi connectivity index (χ4v) is 4.58. The maximum Gasteiger partial charge on any atom is 0.416 e. The number of amides is 2. The molecule has 0 radical (unpaired) electrons. The van der Waals surface area contributed by atoms with E-state index in [1.807, 2.05) is 0 Å². The van der Waals surface area contributed by atoms with Gasteiger partial charge in [0.1, 0.15) is 11.5 Å². The standard InChI is InChI=1S/C26H29F3N6O2/c27-26(28,29)19-5-1-16(2-6-19)15-35-21-14-18(24(31)32)4-3-17(21)13-22(35)25(37)33-20-8-11-34(12-9-20)23(36)7-10-30/h1-6,13-14,20H,7-12,15,30H2,(H3,31,32)(H,33,37). The summed E-state index contributed by atoms with van der Waals surface area (Å²) in [5.74, 6) is -0.449. The maximum atomic E-state index is 13.4. The van der Waals surface area contributed by atoms with Gasteiger partial charge < -0.3 is 26.3 Å². The molecule has 8 nitrogen and oxygen atoms in total. The average Bonchev–Trinajstić information content (AvgIpc) is 3.22. The Balaban J connectivity index is 1.59. The summed E-state index contributed by atoms with van der Waals surface area (Å²) >= 11 is 0. The van der Waals surface area contributed by atoms with Crippen LogP contribution in [0.25, 0.3) is 10.9 Å². The third-order valence-electron chi connectivity index (χ3n) is 6.61. The van der Waals surface area contributed by atoms with Gasteiger partial charge in [0.05, 0.1) is 5.56 Å². The molecule has 1 aromatic heterocycles. The van der Waals surface area contributed by atoms with Gasteiger partial charge in [-0.2, -0.15) is 13.2 Å². The number of likely N-dealkylation sites (tertiary alicyclic amines) is 1. The van der Waals surface area contributed by atoms with Gasteiger partial charge in [-0.05, 0) is 42.7 Å². The number of amidine groups is 1. The van der Waals surface area contributed by atoms with E-state index in [0.717, 1.165) is 17.5 Å². The van der Waals surface area contributed by atoms with Gasteiger partial charge in [0.2, 0.25) is 5.91 Å². The van der Waals surface area contributed by atoms with E-state index in [9.17, 15) is 22.8 Å². The molecule has 0 atom stereocenters. The van der Waals surface area contributed by atoms with Crippen molar-refractivity contribution < 1.29 is 22.8 Å². The second kappa shape index (κ2) is 10.6. The van der Waals surface area contributed by atoms with E-state index < -0.39 is 11.7 Å². The topological polar surface area (TPSA) is 130 Å². The molecule has 4 rings (SSSR count). The van der Waals surface area contributed by atoms with E-state index in [0.29, 0.717) is 61.2 Å². The number of hydrogen-bond acceptors (Lipinski definition) is 4. The normalized spacial score (nSPS) is 14.6. The van der Waals surface area contributed by atoms with Crippen LogP contribution in [-0.4, -0.2) is 52.8 Å². The number of fused-ring (bicyclic) bond motifs is 1. The zero-order chi connectivity index (χ0) is 26.7. The molecule has 196 valence electrons. The molecule has 6 N–H and O–H groups in total. The van der Waals surface area contributed by atoms with Crippen molar-refractivity contribution in [3.63, 3.8) is 0 Å². The van der Waals surface area contributed by atoms with Gasteiger partial charge in [0, 0.05) is 55.1 Å². The second-order valence-corrected chi connectivity index (χ2v) is 9.16. The van der Waals surface area contributed by atoms with Crippen LogP contribution < -0.4 is 16.8 Å². The SMILES string of the molecule is N=C(N)c1ccc2cc(C(=O)NC3CCN(C(=O)CCN)CC3)n(Cc3ccc(C(F)(F)F)cc3)c2c1. The van der Waals surface area contributed by atoms with E-state index in [2.05, 4.69) is 5.32 Å². The molecule has 1 aliphatic heterocycles. The first-order chi connectivity index (χ1) is 17.6. The Hall–Kier alpha value is -3.86. The highest BCUT2D eigenvalue weighted by Crippen LogP contribution is 2.30. The zero-order valence-corrected chi connectivity index (χ0v) is 20.1. The second-order valence-electron chi connectivity index (χ2n) is 9.16. The zero-order valence-electron chi connectivity index (χ0n) is 20.1. The van der Waals surface area contributed by atoms with Crippen molar-refractivity contribution in [2.24, 2.45) is 11.5 Å². The Kier molecular flexibility index (Phi) is 7.53. The predicted octanol–water partition coefficient (Wildman–Crippen LogP) is 3.06. The Bertz CT molecular complexity index is 1310. The molecule has 3 aromatic rings. The highest BCUT2D eigenvalue weighted by atomic mass is 19.4. The molecule has 2 aromatic carbocycles. The van der Waals surface area contributed by atoms with Crippen molar-refractivity contribution in [3.05, 3.63) is 70.9 Å². The van der Waals surface area contributed by atoms with Crippen LogP contribution in [0.1, 0.15) is 46.4 Å². The third-order valence-corrected chi connectivity index (χ3v) is 6.61. The number of benzene rings is 2. The van der Waals surface area contributed by atoms with E-state index in [4.69, 9.17) is 16.9 Å². The van der Waals surface area contributed by atoms with Crippen molar-refractivity contribution in [1.29, 1.82) is 5.41 Å². The van der Waals surface area contributed by atoms with Crippen LogP contribution in [0.3, 0.4) is 0 Å². The lowest BCUT2D eigenvalue weighted by atomic mass is 10.0. The summed E-state index contributed by atoms with van der Waals surface area (Å²) in [6.45, 7) is 1.50. The molecule has 1 saturated heterocycles. The monoisotopic (exact) mass is 514 g/mol. The van der Waals surface area contributed by atoms with Gasteiger partial charge >= 0.3 is 6.18 Å². The van der Waals surface area contributed by atoms with Crippen molar-refractivity contribution in [3.8, 4) is 0 Å². The molecule has 0 bridgehead atoms. The number of carbonyl (C=O) groups excluding carboxylic acids is 2. The lowest BCUT2D eigenvalue weighted by Crippen LogP contribution is -2.47. The van der Waals surface area contributed by atoms with Crippen molar-refractivity contribution in [1.82, 2.24) is 14.8 Å². The van der Waals surface area contributed by atoms with Gasteiger partial charge in [0.15, 0.2) is 0 Å². The van der Waals surface area contributed by atoms with Crippen molar-refractivity contribution >= 4 is 28.6 Å². The van der Waals surface area contributed by atoms with Crippen LogP contribution in [0, 0.1) is 5.41 Å². The van der Waals surface area contributed by atoms with Gasteiger partial charge in [-0.25, -0.2) is 0 Å². The molecular formula is C26H29F3N6O2. The minimum absolute atomic E-state index is 0.00483. The quantitative estimate of drug-likeness (QED) is 0.285. The van der Waals surface area contributed by atoms with Gasteiger partial charge in [-0.15, -0.1) is 0 Å². The molecule has 0 saturated carbocycles. The molecule has 1 aliphatic rings. The Morgan fingerprint density at radius 2 is 1.73 bits per heavy atom. The van der Waals surface area contributed by atoms with Crippen LogP contribution in [0.4, 0.5) is 13.2 Å². The lowest BCUT2D eigenvalue weighted by molar-refractivity contribution is -0.137. The van der Waals surface area contributed by atoms with Gasteiger partial charge in [0.25, 0.3) is 5.91 Å². The maximum absolute atomic E-state index is 13.4. The van der Waals surface area contributed by atoms with Crippen LogP contribution in [-0.2, 0) is 17.5 Å². The molecule has 2 amide bonds. The number of rotatable bonds is 7. The summed E-state index contributed by atoms with van der Waals surface area (Å²) in [4.78, 5) is 27.2.